The molecule has 5 nitrogen and oxygen atoms in total. The summed E-state index contributed by atoms with van der Waals surface area (Å²) in [5, 5.41) is 18.8. The van der Waals surface area contributed by atoms with Gasteiger partial charge in [-0.1, -0.05) is 6.07 Å². The highest BCUT2D eigenvalue weighted by atomic mass is 19.1. The fraction of sp³-hybridized carbons (Fsp3) is 0.364. The first-order valence-electron chi connectivity index (χ1n) is 5.03. The summed E-state index contributed by atoms with van der Waals surface area (Å²) in [6.45, 7) is 1.03. The van der Waals surface area contributed by atoms with E-state index in [0.717, 1.165) is 12.1 Å². The van der Waals surface area contributed by atoms with Crippen LogP contribution in [0, 0.1) is 27.3 Å². The monoisotopic (exact) mass is 237 g/mol. The summed E-state index contributed by atoms with van der Waals surface area (Å²) in [4.78, 5) is 11.5. The van der Waals surface area contributed by atoms with Crippen molar-refractivity contribution in [1.82, 2.24) is 4.90 Å². The van der Waals surface area contributed by atoms with Crippen LogP contribution < -0.4 is 0 Å². The minimum atomic E-state index is -0.832. The standard InChI is InChI=1S/C11H12FN3O2/c1-14(6-2-5-13)8-9-3-4-11(15(16)17)10(12)7-9/h3-4,7H,2,6,8H2,1H3. The first-order chi connectivity index (χ1) is 8.04. The SMILES string of the molecule is CN(CCC#N)Cc1ccc([N+](=O)[O-])c(F)c1. The third-order valence-electron chi connectivity index (χ3n) is 2.27. The van der Waals surface area contributed by atoms with Crippen LogP contribution in [-0.4, -0.2) is 23.4 Å². The highest BCUT2D eigenvalue weighted by Crippen LogP contribution is 2.18. The van der Waals surface area contributed by atoms with Gasteiger partial charge in [0, 0.05) is 25.6 Å². The van der Waals surface area contributed by atoms with Gasteiger partial charge in [-0.2, -0.15) is 9.65 Å². The quantitative estimate of drug-likeness (QED) is 0.580. The second-order valence-corrected chi connectivity index (χ2v) is 3.69. The van der Waals surface area contributed by atoms with E-state index in [1.807, 2.05) is 11.0 Å². The van der Waals surface area contributed by atoms with Gasteiger partial charge < -0.3 is 4.90 Å². The molecule has 1 rings (SSSR count). The van der Waals surface area contributed by atoms with Crippen molar-refractivity contribution in [2.45, 2.75) is 13.0 Å². The van der Waals surface area contributed by atoms with E-state index in [1.54, 1.807) is 7.05 Å². The predicted molar refractivity (Wildman–Crippen MR) is 59.6 cm³/mol. The third kappa shape index (κ3) is 3.81. The van der Waals surface area contributed by atoms with Crippen molar-refractivity contribution in [1.29, 1.82) is 5.26 Å². The molecule has 0 radical (unpaired) electrons. The summed E-state index contributed by atoms with van der Waals surface area (Å²) < 4.78 is 13.3. The molecule has 17 heavy (non-hydrogen) atoms. The molecule has 0 aliphatic carbocycles. The molecule has 0 spiro atoms. The van der Waals surface area contributed by atoms with Crippen LogP contribution in [0.1, 0.15) is 12.0 Å². The maximum Gasteiger partial charge on any atom is 0.304 e. The Hall–Kier alpha value is -2.00. The van der Waals surface area contributed by atoms with Crippen LogP contribution >= 0.6 is 0 Å². The molecule has 0 unspecified atom stereocenters. The third-order valence-corrected chi connectivity index (χ3v) is 2.27. The molecule has 0 bridgehead atoms. The molecule has 0 saturated heterocycles. The molecule has 6 heteroatoms. The molecular formula is C11H12FN3O2. The van der Waals surface area contributed by atoms with Gasteiger partial charge in [0.2, 0.25) is 5.82 Å². The topological polar surface area (TPSA) is 70.2 Å². The van der Waals surface area contributed by atoms with E-state index in [9.17, 15) is 14.5 Å². The molecule has 0 atom stereocenters. The van der Waals surface area contributed by atoms with E-state index in [0.29, 0.717) is 25.1 Å². The lowest BCUT2D eigenvalue weighted by molar-refractivity contribution is -0.387. The fourth-order valence-electron chi connectivity index (χ4n) is 1.43. The van der Waals surface area contributed by atoms with Crippen molar-refractivity contribution in [2.75, 3.05) is 13.6 Å². The lowest BCUT2D eigenvalue weighted by atomic mass is 10.2. The number of rotatable bonds is 5. The van der Waals surface area contributed by atoms with Gasteiger partial charge in [-0.05, 0) is 18.7 Å². The van der Waals surface area contributed by atoms with Crippen LogP contribution in [0.4, 0.5) is 10.1 Å². The Morgan fingerprint density at radius 2 is 2.29 bits per heavy atom. The minimum absolute atomic E-state index is 0.395. The molecule has 0 aliphatic rings. The van der Waals surface area contributed by atoms with Crippen LogP contribution in [0.5, 0.6) is 0 Å². The number of nitro groups is 1. The second kappa shape index (κ2) is 5.92. The van der Waals surface area contributed by atoms with Gasteiger partial charge in [-0.15, -0.1) is 0 Å². The Morgan fingerprint density at radius 1 is 1.59 bits per heavy atom. The second-order valence-electron chi connectivity index (χ2n) is 3.69. The Bertz CT molecular complexity index is 457. The highest BCUT2D eigenvalue weighted by Gasteiger charge is 2.14. The molecule has 0 N–H and O–H groups in total. The Morgan fingerprint density at radius 3 is 2.82 bits per heavy atom. The Balaban J connectivity index is 2.71. The van der Waals surface area contributed by atoms with Crippen molar-refractivity contribution in [2.24, 2.45) is 0 Å². The Kier molecular flexibility index (Phi) is 4.55. The molecule has 0 fully saturated rings. The number of hydrogen-bond acceptors (Lipinski definition) is 4. The largest absolute Gasteiger partial charge is 0.304 e. The zero-order valence-electron chi connectivity index (χ0n) is 9.39. The van der Waals surface area contributed by atoms with E-state index < -0.39 is 16.4 Å². The van der Waals surface area contributed by atoms with Crippen molar-refractivity contribution in [3.63, 3.8) is 0 Å². The molecular weight excluding hydrogens is 225 g/mol. The molecule has 0 aromatic heterocycles. The van der Waals surface area contributed by atoms with E-state index in [-0.39, 0.29) is 0 Å². The van der Waals surface area contributed by atoms with Crippen LogP contribution in [0.15, 0.2) is 18.2 Å². The molecule has 0 amide bonds. The van der Waals surface area contributed by atoms with Gasteiger partial charge in [0.15, 0.2) is 0 Å². The van der Waals surface area contributed by atoms with E-state index in [4.69, 9.17) is 5.26 Å². The van der Waals surface area contributed by atoms with Gasteiger partial charge >= 0.3 is 5.69 Å². The van der Waals surface area contributed by atoms with E-state index in [1.165, 1.54) is 6.07 Å². The van der Waals surface area contributed by atoms with Crippen LogP contribution in [0.3, 0.4) is 0 Å². The van der Waals surface area contributed by atoms with Crippen molar-refractivity contribution in [3.05, 3.63) is 39.7 Å². The highest BCUT2D eigenvalue weighted by molar-refractivity contribution is 5.34. The minimum Gasteiger partial charge on any atom is -0.301 e. The van der Waals surface area contributed by atoms with Crippen molar-refractivity contribution in [3.8, 4) is 6.07 Å². The number of halogens is 1. The van der Waals surface area contributed by atoms with Crippen molar-refractivity contribution < 1.29 is 9.31 Å². The van der Waals surface area contributed by atoms with Crippen molar-refractivity contribution >= 4 is 5.69 Å². The maximum atomic E-state index is 13.3. The number of benzene rings is 1. The maximum absolute atomic E-state index is 13.3. The normalized spacial score (nSPS) is 10.2. The summed E-state index contributed by atoms with van der Waals surface area (Å²) in [6.07, 6.45) is 0.395. The molecule has 0 aliphatic heterocycles. The summed E-state index contributed by atoms with van der Waals surface area (Å²) in [5.41, 5.74) is 0.127. The molecule has 90 valence electrons. The van der Waals surface area contributed by atoms with Gasteiger partial charge in [-0.3, -0.25) is 10.1 Å². The number of hydrogen-bond donors (Lipinski definition) is 0. The fourth-order valence-corrected chi connectivity index (χ4v) is 1.43. The zero-order chi connectivity index (χ0) is 12.8. The summed E-state index contributed by atoms with van der Waals surface area (Å²) in [6, 6.07) is 5.84. The van der Waals surface area contributed by atoms with Crippen LogP contribution in [0.25, 0.3) is 0 Å². The zero-order valence-corrected chi connectivity index (χ0v) is 9.39. The molecule has 0 heterocycles. The molecule has 0 saturated carbocycles. The molecule has 1 aromatic carbocycles. The first-order valence-corrected chi connectivity index (χ1v) is 5.03. The first kappa shape index (κ1) is 13.1. The van der Waals surface area contributed by atoms with Gasteiger partial charge in [0.1, 0.15) is 0 Å². The summed E-state index contributed by atoms with van der Waals surface area (Å²) in [5.74, 6) is -0.832. The van der Waals surface area contributed by atoms with Gasteiger partial charge in [-0.25, -0.2) is 0 Å². The van der Waals surface area contributed by atoms with Crippen LogP contribution in [0.2, 0.25) is 0 Å². The average molecular weight is 237 g/mol. The summed E-state index contributed by atoms with van der Waals surface area (Å²) in [7, 11) is 1.80. The number of nitro benzene ring substituents is 1. The van der Waals surface area contributed by atoms with E-state index in [2.05, 4.69) is 0 Å². The smallest absolute Gasteiger partial charge is 0.301 e. The number of nitrogens with zero attached hydrogens (tertiary/aromatic N) is 3. The summed E-state index contributed by atoms with van der Waals surface area (Å²) >= 11 is 0. The lowest BCUT2D eigenvalue weighted by Gasteiger charge is -2.14. The van der Waals surface area contributed by atoms with E-state index >= 15 is 0 Å². The van der Waals surface area contributed by atoms with Gasteiger partial charge in [0.05, 0.1) is 11.0 Å². The number of nitriles is 1. The Labute approximate surface area is 98.2 Å². The average Bonchev–Trinajstić information content (AvgIpc) is 2.26. The lowest BCUT2D eigenvalue weighted by Crippen LogP contribution is -2.18. The van der Waals surface area contributed by atoms with Crippen LogP contribution in [-0.2, 0) is 6.54 Å². The predicted octanol–water partition coefficient (Wildman–Crippen LogP) is 2.08. The molecule has 1 aromatic rings. The van der Waals surface area contributed by atoms with Gasteiger partial charge in [0.25, 0.3) is 0 Å².